The molecule has 0 aromatic carbocycles. The van der Waals surface area contributed by atoms with Crippen molar-refractivity contribution >= 4 is 45.4 Å². The Labute approximate surface area is 217 Å². The third kappa shape index (κ3) is 10.9. The number of carbonyl (C=O) groups is 2. The highest BCUT2D eigenvalue weighted by Crippen LogP contribution is 2.31. The minimum Gasteiger partial charge on any atom is -0.481 e. The highest BCUT2D eigenvalue weighted by molar-refractivity contribution is 7.93. The SMILES string of the molecule is CCS(=O)(=O)c1cccnc1S(=O)(=O)NC(=O)Nc1nc(OC)cc(OC)n1.O=C(O)CNCP(=O)(O)O. The summed E-state index contributed by atoms with van der Waals surface area (Å²) in [5, 5.41) is 11.4. The van der Waals surface area contributed by atoms with Crippen molar-refractivity contribution in [3.63, 3.8) is 0 Å². The molecule has 18 nitrogen and oxygen atoms in total. The largest absolute Gasteiger partial charge is 0.481 e. The summed E-state index contributed by atoms with van der Waals surface area (Å²) in [4.78, 5) is 49.0. The summed E-state index contributed by atoms with van der Waals surface area (Å²) in [5.74, 6) is -1.66. The molecule has 0 unspecified atom stereocenters. The van der Waals surface area contributed by atoms with E-state index < -0.39 is 62.2 Å². The van der Waals surface area contributed by atoms with Gasteiger partial charge in [0.15, 0.2) is 14.9 Å². The summed E-state index contributed by atoms with van der Waals surface area (Å²) < 4.78 is 70.7. The van der Waals surface area contributed by atoms with Gasteiger partial charge in [0.1, 0.15) is 4.90 Å². The van der Waals surface area contributed by atoms with Gasteiger partial charge >= 0.3 is 19.6 Å². The van der Waals surface area contributed by atoms with E-state index in [2.05, 4.69) is 25.6 Å². The van der Waals surface area contributed by atoms with Gasteiger partial charge in [0, 0.05) is 6.20 Å². The summed E-state index contributed by atoms with van der Waals surface area (Å²) in [6, 6.07) is 2.47. The van der Waals surface area contributed by atoms with E-state index in [1.54, 1.807) is 4.72 Å². The van der Waals surface area contributed by atoms with Crippen LogP contribution >= 0.6 is 7.60 Å². The lowest BCUT2D eigenvalue weighted by Gasteiger charge is -2.11. The molecular weight excluding hydrogens is 575 g/mol. The monoisotopic (exact) mass is 600 g/mol. The number of carboxylic acid groups (broad SMARTS) is 1. The molecule has 2 heterocycles. The maximum absolute atomic E-state index is 12.5. The predicted octanol–water partition coefficient (Wildman–Crippen LogP) is -1.01. The second-order valence-corrected chi connectivity index (χ2v) is 12.2. The second kappa shape index (κ2) is 13.9. The van der Waals surface area contributed by atoms with Crippen LogP contribution in [0.1, 0.15) is 6.92 Å². The molecule has 2 aromatic heterocycles. The predicted molar refractivity (Wildman–Crippen MR) is 129 cm³/mol. The molecule has 0 saturated carbocycles. The number of nitrogens with one attached hydrogen (secondary N) is 3. The molecule has 38 heavy (non-hydrogen) atoms. The number of ether oxygens (including phenoxy) is 2. The first-order valence-electron chi connectivity index (χ1n) is 10.00. The molecule has 0 radical (unpaired) electrons. The lowest BCUT2D eigenvalue weighted by molar-refractivity contribution is -0.135. The first-order valence-corrected chi connectivity index (χ1v) is 14.9. The number of sulfone groups is 1. The number of nitrogens with zero attached hydrogens (tertiary/aromatic N) is 3. The molecule has 0 bridgehead atoms. The van der Waals surface area contributed by atoms with Crippen molar-refractivity contribution in [3.05, 3.63) is 24.4 Å². The molecule has 0 saturated heterocycles. The number of sulfonamides is 1. The number of urea groups is 1. The van der Waals surface area contributed by atoms with Gasteiger partial charge in [-0.15, -0.1) is 0 Å². The zero-order chi connectivity index (χ0) is 29.1. The van der Waals surface area contributed by atoms with Crippen molar-refractivity contribution in [2.75, 3.05) is 38.1 Å². The van der Waals surface area contributed by atoms with Gasteiger partial charge in [-0.05, 0) is 12.1 Å². The smallest absolute Gasteiger partial charge is 0.339 e. The zero-order valence-corrected chi connectivity index (χ0v) is 22.6. The molecule has 2 aromatic rings. The standard InChI is InChI=1S/C14H17N5O7S2.C3H8NO5P/c1-4-27(21,22)9-6-5-7-15-12(9)28(23,24)19-14(20)18-13-16-10(25-2)8-11(17-13)26-3;5-3(6)1-4-2-10(7,8)9/h5-8H,4H2,1-3H3,(H2,16,17,18,19,20);4H,1-2H2,(H,5,6)(H2,7,8,9). The Bertz CT molecular complexity index is 1380. The fourth-order valence-corrected chi connectivity index (χ4v) is 5.20. The van der Waals surface area contributed by atoms with Gasteiger partial charge in [-0.1, -0.05) is 6.92 Å². The number of hydrogen-bond donors (Lipinski definition) is 6. The fraction of sp³-hybridized carbons (Fsp3) is 0.353. The van der Waals surface area contributed by atoms with Gasteiger partial charge in [0.05, 0.1) is 38.9 Å². The molecule has 0 aliphatic carbocycles. The molecule has 21 heteroatoms. The van der Waals surface area contributed by atoms with Crippen molar-refractivity contribution in [1.29, 1.82) is 0 Å². The van der Waals surface area contributed by atoms with E-state index >= 15 is 0 Å². The zero-order valence-electron chi connectivity index (χ0n) is 20.1. The first kappa shape index (κ1) is 32.6. The van der Waals surface area contributed by atoms with Crippen LogP contribution in [-0.4, -0.2) is 91.5 Å². The lowest BCUT2D eigenvalue weighted by Crippen LogP contribution is -2.36. The number of anilines is 1. The summed E-state index contributed by atoms with van der Waals surface area (Å²) >= 11 is 0. The van der Waals surface area contributed by atoms with Crippen molar-refractivity contribution < 1.29 is 55.4 Å². The molecule has 6 N–H and O–H groups in total. The summed E-state index contributed by atoms with van der Waals surface area (Å²) in [6.45, 7) is 0.914. The van der Waals surface area contributed by atoms with E-state index in [-0.39, 0.29) is 23.5 Å². The van der Waals surface area contributed by atoms with Crippen LogP contribution in [0.4, 0.5) is 10.7 Å². The Balaban J connectivity index is 0.000000612. The molecular formula is C17H25N6O12PS2. The second-order valence-electron chi connectivity index (χ2n) is 6.69. The minimum atomic E-state index is -4.61. The van der Waals surface area contributed by atoms with Gasteiger partial charge < -0.3 is 24.4 Å². The summed E-state index contributed by atoms with van der Waals surface area (Å²) in [7, 11) is -9.94. The van der Waals surface area contributed by atoms with E-state index in [4.69, 9.17) is 24.4 Å². The molecule has 2 rings (SSSR count). The number of methoxy groups -OCH3 is 2. The Morgan fingerprint density at radius 2 is 1.66 bits per heavy atom. The molecule has 0 spiro atoms. The number of carboxylic acids is 1. The number of rotatable bonds is 11. The molecule has 0 aliphatic heterocycles. The van der Waals surface area contributed by atoms with Gasteiger partial charge in [-0.25, -0.2) is 22.9 Å². The lowest BCUT2D eigenvalue weighted by atomic mass is 10.5. The molecule has 0 aliphatic rings. The normalized spacial score (nSPS) is 11.5. The van der Waals surface area contributed by atoms with E-state index in [9.17, 15) is 31.0 Å². The van der Waals surface area contributed by atoms with E-state index in [1.807, 2.05) is 0 Å². The number of aromatic nitrogens is 3. The van der Waals surface area contributed by atoms with Crippen molar-refractivity contribution in [3.8, 4) is 11.8 Å². The van der Waals surface area contributed by atoms with Crippen LogP contribution in [0.15, 0.2) is 34.3 Å². The fourth-order valence-electron chi connectivity index (χ4n) is 2.24. The van der Waals surface area contributed by atoms with Crippen LogP contribution in [-0.2, 0) is 29.2 Å². The van der Waals surface area contributed by atoms with Crippen LogP contribution < -0.4 is 24.8 Å². The maximum atomic E-state index is 12.5. The number of carbonyl (C=O) groups excluding carboxylic acids is 1. The van der Waals surface area contributed by atoms with E-state index in [1.165, 1.54) is 33.3 Å². The number of amides is 2. The number of pyridine rings is 1. The van der Waals surface area contributed by atoms with E-state index in [0.717, 1.165) is 12.3 Å². The topological polar surface area (TPSA) is 273 Å². The Kier molecular flexibility index (Phi) is 12.0. The van der Waals surface area contributed by atoms with E-state index in [0.29, 0.717) is 0 Å². The van der Waals surface area contributed by atoms with Crippen LogP contribution in [0.25, 0.3) is 0 Å². The third-order valence-corrected chi connectivity index (χ3v) is 7.66. The molecule has 0 fully saturated rings. The van der Waals surface area contributed by atoms with Crippen LogP contribution in [0.5, 0.6) is 11.8 Å². The average Bonchev–Trinajstić information content (AvgIpc) is 2.82. The third-order valence-electron chi connectivity index (χ3n) is 3.85. The summed E-state index contributed by atoms with van der Waals surface area (Å²) in [6.07, 6.45) is 0.497. The molecule has 0 atom stereocenters. The van der Waals surface area contributed by atoms with Gasteiger partial charge in [0.25, 0.3) is 10.0 Å². The Morgan fingerprint density at radius 1 is 1.08 bits per heavy atom. The number of aliphatic carboxylic acids is 1. The number of hydrogen-bond acceptors (Lipinski definition) is 13. The minimum absolute atomic E-state index is 0.0612. The average molecular weight is 601 g/mol. The van der Waals surface area contributed by atoms with Crippen molar-refractivity contribution in [2.45, 2.75) is 16.8 Å². The van der Waals surface area contributed by atoms with Crippen LogP contribution in [0, 0.1) is 0 Å². The van der Waals surface area contributed by atoms with Gasteiger partial charge in [-0.2, -0.15) is 18.4 Å². The van der Waals surface area contributed by atoms with Crippen LogP contribution in [0.2, 0.25) is 0 Å². The Hall–Kier alpha value is -3.42. The Morgan fingerprint density at radius 3 is 2.13 bits per heavy atom. The molecule has 212 valence electrons. The van der Waals surface area contributed by atoms with Gasteiger partial charge in [-0.3, -0.25) is 20.0 Å². The summed E-state index contributed by atoms with van der Waals surface area (Å²) in [5.41, 5.74) is 0. The highest BCUT2D eigenvalue weighted by atomic mass is 32.2. The molecule has 2 amide bonds. The highest BCUT2D eigenvalue weighted by Gasteiger charge is 2.28. The van der Waals surface area contributed by atoms with Crippen molar-refractivity contribution in [1.82, 2.24) is 25.0 Å². The van der Waals surface area contributed by atoms with Gasteiger partial charge in [0.2, 0.25) is 17.7 Å². The first-order chi connectivity index (χ1) is 17.5. The quantitative estimate of drug-likeness (QED) is 0.169. The maximum Gasteiger partial charge on any atom is 0.339 e. The van der Waals surface area contributed by atoms with Crippen LogP contribution in [0.3, 0.4) is 0 Å². The van der Waals surface area contributed by atoms with Crippen molar-refractivity contribution in [2.24, 2.45) is 0 Å².